The summed E-state index contributed by atoms with van der Waals surface area (Å²) in [5.74, 6) is 2.00. The van der Waals surface area contributed by atoms with E-state index in [2.05, 4.69) is 44.7 Å². The van der Waals surface area contributed by atoms with Crippen LogP contribution in [0, 0.1) is 0 Å². The van der Waals surface area contributed by atoms with Gasteiger partial charge in [0.2, 0.25) is 0 Å². The Labute approximate surface area is 234 Å². The Bertz CT molecular complexity index is 578. The van der Waals surface area contributed by atoms with Gasteiger partial charge in [0.1, 0.15) is 5.82 Å². The zero-order valence-corrected chi connectivity index (χ0v) is 26.1. The molecule has 0 aliphatic carbocycles. The molecule has 2 atom stereocenters. The van der Waals surface area contributed by atoms with Crippen molar-refractivity contribution >= 4 is 0 Å². The largest absolute Gasteiger partial charge is 0.332 e. The maximum Gasteiger partial charge on any atom is 0.111 e. The lowest BCUT2D eigenvalue weighted by Crippen LogP contribution is -2.12. The summed E-state index contributed by atoms with van der Waals surface area (Å²) in [5, 5.41) is 0. The van der Waals surface area contributed by atoms with Crippen molar-refractivity contribution in [1.29, 1.82) is 0 Å². The van der Waals surface area contributed by atoms with Gasteiger partial charge in [0.25, 0.3) is 0 Å². The van der Waals surface area contributed by atoms with Crippen molar-refractivity contribution in [2.45, 2.75) is 207 Å². The van der Waals surface area contributed by atoms with Crippen molar-refractivity contribution < 1.29 is 0 Å². The Morgan fingerprint density at radius 1 is 0.541 bits per heavy atom. The molecule has 1 aromatic rings. The number of rotatable bonds is 28. The molecule has 0 N–H and O–H groups in total. The molecule has 2 heteroatoms. The first-order valence-corrected chi connectivity index (χ1v) is 17.3. The summed E-state index contributed by atoms with van der Waals surface area (Å²) >= 11 is 0. The van der Waals surface area contributed by atoms with Crippen LogP contribution in [0.1, 0.15) is 212 Å². The fourth-order valence-electron chi connectivity index (χ4n) is 6.00. The van der Waals surface area contributed by atoms with Gasteiger partial charge in [-0.25, -0.2) is 4.98 Å². The predicted octanol–water partition coefficient (Wildman–Crippen LogP) is 12.7. The summed E-state index contributed by atoms with van der Waals surface area (Å²) in [4.78, 5) is 4.85. The van der Waals surface area contributed by atoms with Crippen LogP contribution >= 0.6 is 0 Å². The van der Waals surface area contributed by atoms with Gasteiger partial charge in [0, 0.05) is 24.4 Å². The summed E-state index contributed by atoms with van der Waals surface area (Å²) in [7, 11) is 0. The Kier molecular flexibility index (Phi) is 23.6. The van der Waals surface area contributed by atoms with Crippen molar-refractivity contribution in [2.24, 2.45) is 0 Å². The lowest BCUT2D eigenvalue weighted by Gasteiger charge is -2.21. The molecule has 2 unspecified atom stereocenters. The molecule has 0 aliphatic heterocycles. The molecule has 1 rings (SSSR count). The average Bonchev–Trinajstić information content (AvgIpc) is 3.40. The third-order valence-corrected chi connectivity index (χ3v) is 8.66. The van der Waals surface area contributed by atoms with Gasteiger partial charge >= 0.3 is 0 Å². The summed E-state index contributed by atoms with van der Waals surface area (Å²) in [6, 6.07) is 0.590. The van der Waals surface area contributed by atoms with Crippen LogP contribution in [0.3, 0.4) is 0 Å². The maximum atomic E-state index is 4.85. The van der Waals surface area contributed by atoms with Crippen LogP contribution in [0.4, 0.5) is 0 Å². The van der Waals surface area contributed by atoms with Crippen molar-refractivity contribution in [3.63, 3.8) is 0 Å². The van der Waals surface area contributed by atoms with Crippen LogP contribution < -0.4 is 0 Å². The van der Waals surface area contributed by atoms with Crippen LogP contribution in [0.25, 0.3) is 0 Å². The predicted molar refractivity (Wildman–Crippen MR) is 167 cm³/mol. The minimum Gasteiger partial charge on any atom is -0.332 e. The number of hydrogen-bond acceptors (Lipinski definition) is 1. The van der Waals surface area contributed by atoms with Gasteiger partial charge in [-0.2, -0.15) is 0 Å². The lowest BCUT2D eigenvalue weighted by molar-refractivity contribution is 0.425. The number of nitrogens with zero attached hydrogens (tertiary/aromatic N) is 2. The molecule has 0 bridgehead atoms. The Morgan fingerprint density at radius 3 is 1.32 bits per heavy atom. The SMILES string of the molecule is CCCCCCCCCCCCCCCCC(C)n1ccnc1C(CC)CCCCCCCCCCC. The molecular formula is C35H68N2. The molecule has 0 aliphatic rings. The highest BCUT2D eigenvalue weighted by Crippen LogP contribution is 2.28. The van der Waals surface area contributed by atoms with E-state index in [4.69, 9.17) is 4.98 Å². The Balaban J connectivity index is 2.10. The van der Waals surface area contributed by atoms with Gasteiger partial charge in [-0.15, -0.1) is 0 Å². The normalized spacial score (nSPS) is 13.3. The first-order valence-electron chi connectivity index (χ1n) is 17.3. The molecule has 218 valence electrons. The van der Waals surface area contributed by atoms with Crippen LogP contribution in [-0.4, -0.2) is 9.55 Å². The van der Waals surface area contributed by atoms with Gasteiger partial charge in [-0.05, 0) is 26.2 Å². The van der Waals surface area contributed by atoms with E-state index in [1.807, 2.05) is 0 Å². The number of unbranched alkanes of at least 4 members (excludes halogenated alkanes) is 21. The average molecular weight is 517 g/mol. The molecule has 0 aromatic carbocycles. The Morgan fingerprint density at radius 2 is 0.919 bits per heavy atom. The summed E-state index contributed by atoms with van der Waals surface area (Å²) in [6.45, 7) is 9.38. The van der Waals surface area contributed by atoms with Gasteiger partial charge in [-0.3, -0.25) is 0 Å². The molecule has 0 amide bonds. The monoisotopic (exact) mass is 517 g/mol. The molecule has 1 heterocycles. The molecular weight excluding hydrogens is 448 g/mol. The highest BCUT2D eigenvalue weighted by atomic mass is 15.1. The Hall–Kier alpha value is -0.790. The fraction of sp³-hybridized carbons (Fsp3) is 0.914. The fourth-order valence-corrected chi connectivity index (χ4v) is 6.00. The molecule has 1 aromatic heterocycles. The summed E-state index contributed by atoms with van der Waals surface area (Å²) < 4.78 is 2.52. The van der Waals surface area contributed by atoms with Crippen molar-refractivity contribution in [3.05, 3.63) is 18.2 Å². The maximum absolute atomic E-state index is 4.85. The van der Waals surface area contributed by atoms with Crippen molar-refractivity contribution in [1.82, 2.24) is 9.55 Å². The van der Waals surface area contributed by atoms with E-state index in [1.165, 1.54) is 173 Å². The number of imidazole rings is 1. The van der Waals surface area contributed by atoms with E-state index < -0.39 is 0 Å². The van der Waals surface area contributed by atoms with E-state index in [1.54, 1.807) is 0 Å². The second kappa shape index (κ2) is 25.5. The zero-order chi connectivity index (χ0) is 26.8. The van der Waals surface area contributed by atoms with Crippen LogP contribution in [0.15, 0.2) is 12.4 Å². The summed E-state index contributed by atoms with van der Waals surface area (Å²) in [6.07, 6.45) is 41.0. The molecule has 0 radical (unpaired) electrons. The van der Waals surface area contributed by atoms with Gasteiger partial charge < -0.3 is 4.57 Å². The van der Waals surface area contributed by atoms with Crippen LogP contribution in [0.2, 0.25) is 0 Å². The smallest absolute Gasteiger partial charge is 0.111 e. The van der Waals surface area contributed by atoms with E-state index >= 15 is 0 Å². The lowest BCUT2D eigenvalue weighted by atomic mass is 9.96. The van der Waals surface area contributed by atoms with Gasteiger partial charge in [-0.1, -0.05) is 168 Å². The van der Waals surface area contributed by atoms with E-state index in [0.29, 0.717) is 12.0 Å². The van der Waals surface area contributed by atoms with E-state index in [-0.39, 0.29) is 0 Å². The minimum absolute atomic E-state index is 0.590. The minimum atomic E-state index is 0.590. The van der Waals surface area contributed by atoms with Crippen molar-refractivity contribution in [2.75, 3.05) is 0 Å². The molecule has 2 nitrogen and oxygen atoms in total. The first kappa shape index (κ1) is 34.2. The van der Waals surface area contributed by atoms with E-state index in [9.17, 15) is 0 Å². The summed E-state index contributed by atoms with van der Waals surface area (Å²) in [5.41, 5.74) is 0. The topological polar surface area (TPSA) is 17.8 Å². The second-order valence-electron chi connectivity index (χ2n) is 12.1. The number of hydrogen-bond donors (Lipinski definition) is 0. The second-order valence-corrected chi connectivity index (χ2v) is 12.1. The third kappa shape index (κ3) is 18.2. The highest BCUT2D eigenvalue weighted by molar-refractivity contribution is 5.02. The zero-order valence-electron chi connectivity index (χ0n) is 26.1. The molecule has 0 saturated carbocycles. The van der Waals surface area contributed by atoms with E-state index in [0.717, 1.165) is 0 Å². The molecule has 37 heavy (non-hydrogen) atoms. The molecule has 0 saturated heterocycles. The molecule has 0 spiro atoms. The third-order valence-electron chi connectivity index (χ3n) is 8.66. The van der Waals surface area contributed by atoms with Gasteiger partial charge in [0.15, 0.2) is 0 Å². The highest BCUT2D eigenvalue weighted by Gasteiger charge is 2.18. The molecule has 0 fully saturated rings. The first-order chi connectivity index (χ1) is 18.2. The van der Waals surface area contributed by atoms with Gasteiger partial charge in [0.05, 0.1) is 0 Å². The van der Waals surface area contributed by atoms with Crippen molar-refractivity contribution in [3.8, 4) is 0 Å². The standard InChI is InChI=1S/C35H68N2/c1-5-8-10-12-14-16-17-18-19-20-22-23-25-27-29-33(4)37-32-31-36-35(37)34(7-3)30-28-26-24-21-15-13-11-9-6-2/h31-34H,5-30H2,1-4H3. The van der Waals surface area contributed by atoms with Crippen LogP contribution in [0.5, 0.6) is 0 Å². The van der Waals surface area contributed by atoms with Crippen LogP contribution in [-0.2, 0) is 0 Å². The number of aromatic nitrogens is 2. The quantitative estimate of drug-likeness (QED) is 0.101.